The molecule has 0 saturated heterocycles. The molecule has 0 spiro atoms. The van der Waals surface area contributed by atoms with Gasteiger partial charge >= 0.3 is 17.9 Å². The molecule has 0 aromatic heterocycles. The molecule has 0 aliphatic carbocycles. The summed E-state index contributed by atoms with van der Waals surface area (Å²) in [7, 11) is 0. The van der Waals surface area contributed by atoms with Crippen molar-refractivity contribution >= 4 is 17.9 Å². The molecule has 0 heterocycles. The van der Waals surface area contributed by atoms with Crippen molar-refractivity contribution < 1.29 is 28.6 Å². The number of carbonyl (C=O) groups is 3. The van der Waals surface area contributed by atoms with Gasteiger partial charge in [0.1, 0.15) is 13.2 Å². The van der Waals surface area contributed by atoms with Crippen molar-refractivity contribution in [1.29, 1.82) is 0 Å². The van der Waals surface area contributed by atoms with E-state index in [0.29, 0.717) is 19.3 Å². The lowest BCUT2D eigenvalue weighted by atomic mass is 10.0. The summed E-state index contributed by atoms with van der Waals surface area (Å²) in [6, 6.07) is 0. The fourth-order valence-corrected chi connectivity index (χ4v) is 9.10. The van der Waals surface area contributed by atoms with Gasteiger partial charge in [-0.15, -0.1) is 0 Å². The SMILES string of the molecule is CCCCCCCCCCCCCCCCCCCCCC(=O)O[C@H](COC(=O)CCCCCCCCCCCCCCCCCCC)COC(=O)CCCCCCCCCCC(C)C. The second-order valence-electron chi connectivity index (χ2n) is 20.8. The van der Waals surface area contributed by atoms with Crippen molar-refractivity contribution in [3.63, 3.8) is 0 Å². The minimum atomic E-state index is -0.762. The van der Waals surface area contributed by atoms with Crippen LogP contribution in [0.2, 0.25) is 0 Å². The van der Waals surface area contributed by atoms with Gasteiger partial charge < -0.3 is 14.2 Å². The Hall–Kier alpha value is -1.59. The van der Waals surface area contributed by atoms with Crippen LogP contribution in [-0.2, 0) is 28.6 Å². The van der Waals surface area contributed by atoms with Gasteiger partial charge in [0.15, 0.2) is 6.10 Å². The molecule has 0 aromatic rings. The molecule has 0 bridgehead atoms. The van der Waals surface area contributed by atoms with Crippen LogP contribution >= 0.6 is 0 Å². The van der Waals surface area contributed by atoms with E-state index < -0.39 is 6.10 Å². The van der Waals surface area contributed by atoms with Crippen LogP contribution in [0.3, 0.4) is 0 Å². The van der Waals surface area contributed by atoms with Crippen molar-refractivity contribution in [1.82, 2.24) is 0 Å². The zero-order chi connectivity index (χ0) is 47.4. The third-order valence-corrected chi connectivity index (χ3v) is 13.5. The Morgan fingerprint density at radius 3 is 0.754 bits per heavy atom. The van der Waals surface area contributed by atoms with E-state index in [1.165, 1.54) is 231 Å². The zero-order valence-corrected chi connectivity index (χ0v) is 44.5. The lowest BCUT2D eigenvalue weighted by Gasteiger charge is -2.18. The molecule has 0 fully saturated rings. The van der Waals surface area contributed by atoms with Gasteiger partial charge in [-0.2, -0.15) is 0 Å². The van der Waals surface area contributed by atoms with E-state index in [4.69, 9.17) is 14.2 Å². The molecule has 65 heavy (non-hydrogen) atoms. The zero-order valence-electron chi connectivity index (χ0n) is 44.5. The summed E-state index contributed by atoms with van der Waals surface area (Å²) in [5.41, 5.74) is 0. The lowest BCUT2D eigenvalue weighted by molar-refractivity contribution is -0.167. The van der Waals surface area contributed by atoms with Gasteiger partial charge in [0, 0.05) is 19.3 Å². The number of rotatable bonds is 54. The van der Waals surface area contributed by atoms with Crippen LogP contribution in [0.4, 0.5) is 0 Å². The Labute approximate surface area is 406 Å². The molecule has 386 valence electrons. The number of hydrogen-bond acceptors (Lipinski definition) is 6. The molecule has 0 amide bonds. The molecule has 0 aromatic carbocycles. The Balaban J connectivity index is 4.25. The molecule has 0 saturated carbocycles. The predicted molar refractivity (Wildman–Crippen MR) is 280 cm³/mol. The van der Waals surface area contributed by atoms with E-state index in [1.54, 1.807) is 0 Å². The smallest absolute Gasteiger partial charge is 0.306 e. The molecule has 0 unspecified atom stereocenters. The first-order valence-corrected chi connectivity index (χ1v) is 29.4. The molecule has 0 aliphatic heterocycles. The summed E-state index contributed by atoms with van der Waals surface area (Å²) in [5, 5.41) is 0. The van der Waals surface area contributed by atoms with E-state index in [2.05, 4.69) is 27.7 Å². The fraction of sp³-hybridized carbons (Fsp3) is 0.949. The Morgan fingerprint density at radius 1 is 0.292 bits per heavy atom. The quantitative estimate of drug-likeness (QED) is 0.0344. The van der Waals surface area contributed by atoms with Crippen LogP contribution in [0.5, 0.6) is 0 Å². The first kappa shape index (κ1) is 63.4. The lowest BCUT2D eigenvalue weighted by Crippen LogP contribution is -2.30. The third kappa shape index (κ3) is 53.2. The van der Waals surface area contributed by atoms with Crippen molar-refractivity contribution in [3.8, 4) is 0 Å². The maximum Gasteiger partial charge on any atom is 0.306 e. The molecule has 6 nitrogen and oxygen atoms in total. The Bertz CT molecular complexity index is 980. The predicted octanol–water partition coefficient (Wildman–Crippen LogP) is 19.4. The maximum atomic E-state index is 12.9. The topological polar surface area (TPSA) is 78.9 Å². The van der Waals surface area contributed by atoms with Crippen LogP contribution in [0.15, 0.2) is 0 Å². The van der Waals surface area contributed by atoms with Crippen LogP contribution in [0.1, 0.15) is 336 Å². The van der Waals surface area contributed by atoms with E-state index in [0.717, 1.165) is 63.7 Å². The summed E-state index contributed by atoms with van der Waals surface area (Å²) in [6.07, 6.45) is 58.2. The average molecular weight is 920 g/mol. The number of unbranched alkanes of at least 4 members (excludes halogenated alkanes) is 41. The standard InChI is InChI=1S/C59H114O6/c1-5-7-9-11-13-15-17-19-21-23-24-26-28-30-32-34-40-44-48-52-59(62)65-56(54-64-58(61)51-47-43-39-36-35-37-41-45-49-55(3)4)53-63-57(60)50-46-42-38-33-31-29-27-25-22-20-18-16-14-12-10-8-6-2/h55-56H,5-54H2,1-4H3/t56-/m1/s1. The van der Waals surface area contributed by atoms with Gasteiger partial charge in [0.25, 0.3) is 0 Å². The van der Waals surface area contributed by atoms with Crippen molar-refractivity contribution in [2.75, 3.05) is 13.2 Å². The molecule has 0 radical (unpaired) electrons. The molecule has 0 N–H and O–H groups in total. The number of ether oxygens (including phenoxy) is 3. The fourth-order valence-electron chi connectivity index (χ4n) is 9.10. The molecule has 1 atom stereocenters. The number of hydrogen-bond donors (Lipinski definition) is 0. The minimum absolute atomic E-state index is 0.0623. The summed E-state index contributed by atoms with van der Waals surface area (Å²) in [5.74, 6) is -0.0412. The second kappa shape index (κ2) is 53.4. The maximum absolute atomic E-state index is 12.9. The average Bonchev–Trinajstić information content (AvgIpc) is 3.29. The molecule has 6 heteroatoms. The highest BCUT2D eigenvalue weighted by Crippen LogP contribution is 2.18. The van der Waals surface area contributed by atoms with E-state index >= 15 is 0 Å². The van der Waals surface area contributed by atoms with Gasteiger partial charge in [0.05, 0.1) is 0 Å². The summed E-state index contributed by atoms with van der Waals surface area (Å²) < 4.78 is 16.9. The van der Waals surface area contributed by atoms with Crippen LogP contribution in [0, 0.1) is 5.92 Å². The van der Waals surface area contributed by atoms with Gasteiger partial charge in [0.2, 0.25) is 0 Å². The van der Waals surface area contributed by atoms with Crippen molar-refractivity contribution in [2.24, 2.45) is 5.92 Å². The summed E-state index contributed by atoms with van der Waals surface area (Å²) >= 11 is 0. The summed E-state index contributed by atoms with van der Waals surface area (Å²) in [6.45, 7) is 9.03. The van der Waals surface area contributed by atoms with Gasteiger partial charge in [-0.05, 0) is 25.2 Å². The number of esters is 3. The largest absolute Gasteiger partial charge is 0.462 e. The van der Waals surface area contributed by atoms with Gasteiger partial charge in [-0.3, -0.25) is 14.4 Å². The summed E-state index contributed by atoms with van der Waals surface area (Å²) in [4.78, 5) is 38.1. The van der Waals surface area contributed by atoms with Gasteiger partial charge in [-0.1, -0.05) is 297 Å². The van der Waals surface area contributed by atoms with E-state index in [-0.39, 0.29) is 31.1 Å². The highest BCUT2D eigenvalue weighted by Gasteiger charge is 2.19. The highest BCUT2D eigenvalue weighted by molar-refractivity contribution is 5.71. The second-order valence-corrected chi connectivity index (χ2v) is 20.8. The van der Waals surface area contributed by atoms with E-state index in [9.17, 15) is 14.4 Å². The van der Waals surface area contributed by atoms with Crippen LogP contribution in [0.25, 0.3) is 0 Å². The van der Waals surface area contributed by atoms with E-state index in [1.807, 2.05) is 0 Å². The Kier molecular flexibility index (Phi) is 52.1. The Morgan fingerprint density at radius 2 is 0.508 bits per heavy atom. The molecule has 0 rings (SSSR count). The monoisotopic (exact) mass is 919 g/mol. The highest BCUT2D eigenvalue weighted by atomic mass is 16.6. The van der Waals surface area contributed by atoms with Crippen LogP contribution < -0.4 is 0 Å². The normalized spacial score (nSPS) is 12.0. The van der Waals surface area contributed by atoms with Crippen molar-refractivity contribution in [3.05, 3.63) is 0 Å². The molecular weight excluding hydrogens is 805 g/mol. The van der Waals surface area contributed by atoms with Gasteiger partial charge in [-0.25, -0.2) is 0 Å². The molecular formula is C59H114O6. The third-order valence-electron chi connectivity index (χ3n) is 13.5. The van der Waals surface area contributed by atoms with Crippen molar-refractivity contribution in [2.45, 2.75) is 342 Å². The first-order chi connectivity index (χ1) is 31.9. The number of carbonyl (C=O) groups excluding carboxylic acids is 3. The first-order valence-electron chi connectivity index (χ1n) is 29.4. The molecule has 0 aliphatic rings. The van der Waals surface area contributed by atoms with Crippen LogP contribution in [-0.4, -0.2) is 37.2 Å². The minimum Gasteiger partial charge on any atom is -0.462 e.